The van der Waals surface area contributed by atoms with Gasteiger partial charge in [-0.15, -0.1) is 0 Å². The van der Waals surface area contributed by atoms with Gasteiger partial charge in [0, 0.05) is 47.2 Å². The van der Waals surface area contributed by atoms with Gasteiger partial charge >= 0.3 is 0 Å². The van der Waals surface area contributed by atoms with E-state index in [1.807, 2.05) is 42.2 Å². The van der Waals surface area contributed by atoms with Crippen molar-refractivity contribution < 1.29 is 28.3 Å². The summed E-state index contributed by atoms with van der Waals surface area (Å²) in [5.41, 5.74) is 0.889. The first-order chi connectivity index (χ1) is 21.0. The molecule has 236 valence electrons. The maximum atomic E-state index is 16.2. The normalized spacial score (nSPS) is 28.8. The topological polar surface area (TPSA) is 90.4 Å². The Kier molecular flexibility index (Phi) is 8.41. The molecule has 3 amide bonds. The zero-order chi connectivity index (χ0) is 31.4. The fourth-order valence-corrected chi connectivity index (χ4v) is 10.7. The highest BCUT2D eigenvalue weighted by Crippen LogP contribution is 2.60. The van der Waals surface area contributed by atoms with Crippen LogP contribution in [0.1, 0.15) is 56.6 Å². The lowest BCUT2D eigenvalue weighted by Crippen LogP contribution is -2.45. The molecular weight excluding hydrogens is 601 g/mol. The molecule has 44 heavy (non-hydrogen) atoms. The van der Waals surface area contributed by atoms with E-state index in [2.05, 4.69) is 0 Å². The summed E-state index contributed by atoms with van der Waals surface area (Å²) in [5, 5.41) is 10.2. The Morgan fingerprint density at radius 2 is 1.86 bits per heavy atom. The van der Waals surface area contributed by atoms with Crippen LogP contribution < -0.4 is 9.80 Å². The number of nitrogens with zero attached hydrogens (tertiary/aromatic N) is 3. The molecule has 2 aromatic rings. The van der Waals surface area contributed by atoms with Crippen LogP contribution >= 0.6 is 11.6 Å². The summed E-state index contributed by atoms with van der Waals surface area (Å²) in [7, 11) is -3.45. The fraction of sp³-hybridized carbons (Fsp3) is 0.545. The van der Waals surface area contributed by atoms with Crippen LogP contribution in [0.25, 0.3) is 0 Å². The van der Waals surface area contributed by atoms with Crippen LogP contribution in [0.4, 0.5) is 15.5 Å². The smallest absolute Gasteiger partial charge is 0.264 e. The molecule has 6 rings (SSSR count). The van der Waals surface area contributed by atoms with E-state index >= 15 is 4.11 Å². The maximum absolute atomic E-state index is 16.2. The molecule has 4 aliphatic heterocycles. The van der Waals surface area contributed by atoms with E-state index in [4.69, 9.17) is 16.3 Å². The Bertz CT molecular complexity index is 1450. The van der Waals surface area contributed by atoms with Crippen LogP contribution in [0.3, 0.4) is 0 Å². The fourth-order valence-electron chi connectivity index (χ4n) is 8.06. The van der Waals surface area contributed by atoms with Crippen molar-refractivity contribution in [2.75, 3.05) is 29.5 Å². The molecule has 2 aromatic carbocycles. The van der Waals surface area contributed by atoms with Gasteiger partial charge in [0.2, 0.25) is 20.2 Å². The first-order valence-electron chi connectivity index (χ1n) is 15.7. The number of hydrogen-bond donors (Lipinski definition) is 1. The predicted molar refractivity (Wildman–Crippen MR) is 170 cm³/mol. The number of ether oxygens (including phenoxy) is 1. The molecule has 5 atom stereocenters. The molecule has 3 fully saturated rings. The Balaban J connectivity index is 1.31. The summed E-state index contributed by atoms with van der Waals surface area (Å²) in [6, 6.07) is 12.7. The zero-order valence-electron chi connectivity index (χ0n) is 25.6. The number of carbonyl (C=O) groups is 3. The third-order valence-electron chi connectivity index (χ3n) is 10.1. The third kappa shape index (κ3) is 5.27. The van der Waals surface area contributed by atoms with E-state index < -0.39 is 31.6 Å². The van der Waals surface area contributed by atoms with Crippen LogP contribution in [0.2, 0.25) is 23.7 Å². The second kappa shape index (κ2) is 11.9. The number of aliphatic hydroxyl groups is 1. The zero-order valence-corrected chi connectivity index (χ0v) is 27.4. The average Bonchev–Trinajstić information content (AvgIpc) is 3.64. The minimum Gasteiger partial charge on any atom is -0.394 e. The maximum Gasteiger partial charge on any atom is 0.264 e. The molecule has 0 unspecified atom stereocenters. The molecule has 4 heterocycles. The summed E-state index contributed by atoms with van der Waals surface area (Å²) in [6.45, 7) is 6.50. The summed E-state index contributed by atoms with van der Waals surface area (Å²) in [6.07, 6.45) is 3.14. The molecular formula is C33H41ClFN3O5Si. The SMILES string of the molecule is C[C@H]1[C@H]([Si](C)(C)F)[C@@H](CC(=O)N2CCC[C@H]2CO)O[C@]12C(=O)N(Cc1ccc(N3CCCCC3=O)cc1)c1ccc(Cl)cc12. The highest BCUT2D eigenvalue weighted by molar-refractivity contribution is 6.72. The van der Waals surface area contributed by atoms with Crippen molar-refractivity contribution in [2.45, 2.75) is 88.4 Å². The van der Waals surface area contributed by atoms with Gasteiger partial charge < -0.3 is 28.7 Å². The highest BCUT2D eigenvalue weighted by atomic mass is 35.5. The molecule has 0 aromatic heterocycles. The Labute approximate surface area is 264 Å². The first-order valence-corrected chi connectivity index (χ1v) is 19.1. The van der Waals surface area contributed by atoms with Crippen molar-refractivity contribution in [1.82, 2.24) is 4.90 Å². The van der Waals surface area contributed by atoms with Crippen molar-refractivity contribution in [3.05, 3.63) is 58.6 Å². The standard InChI is InChI=1S/C33H41ClFN3O5Si/c1-21-31(44(2,3)35)28(18-30(41)37-16-6-7-25(37)20-39)43-33(21)26-17-23(34)11-14-27(26)38(32(33)42)19-22-9-12-24(13-10-22)36-15-5-4-8-29(36)40/h9-14,17,21,25,28,31,39H,4-8,15-16,18-20H2,1-3H3/t21-,25-,28+,31-,33+/m0/s1. The molecule has 0 radical (unpaired) electrons. The molecule has 11 heteroatoms. The third-order valence-corrected chi connectivity index (χ3v) is 12.8. The lowest BCUT2D eigenvalue weighted by Gasteiger charge is -2.31. The number of rotatable bonds is 7. The number of likely N-dealkylation sites (tertiary alicyclic amines) is 1. The number of fused-ring (bicyclic) bond motifs is 2. The molecule has 0 bridgehead atoms. The van der Waals surface area contributed by atoms with Crippen molar-refractivity contribution in [3.63, 3.8) is 0 Å². The number of carbonyl (C=O) groups excluding carboxylic acids is 3. The molecule has 0 saturated carbocycles. The molecule has 8 nitrogen and oxygen atoms in total. The number of amides is 3. The summed E-state index contributed by atoms with van der Waals surface area (Å²) in [4.78, 5) is 45.7. The van der Waals surface area contributed by atoms with E-state index in [0.717, 1.165) is 36.9 Å². The molecule has 1 N–H and O–H groups in total. The van der Waals surface area contributed by atoms with E-state index in [1.54, 1.807) is 35.0 Å². The van der Waals surface area contributed by atoms with Crippen LogP contribution in [0, 0.1) is 5.92 Å². The Hall–Kier alpha value is -2.79. The van der Waals surface area contributed by atoms with Crippen molar-refractivity contribution in [1.29, 1.82) is 0 Å². The van der Waals surface area contributed by atoms with Gasteiger partial charge in [0.25, 0.3) is 5.91 Å². The monoisotopic (exact) mass is 641 g/mol. The van der Waals surface area contributed by atoms with Crippen molar-refractivity contribution >= 4 is 49.1 Å². The van der Waals surface area contributed by atoms with E-state index in [1.165, 1.54) is 0 Å². The van der Waals surface area contributed by atoms with Crippen LogP contribution in [0.5, 0.6) is 0 Å². The van der Waals surface area contributed by atoms with Gasteiger partial charge in [-0.1, -0.05) is 30.7 Å². The van der Waals surface area contributed by atoms with E-state index in [9.17, 15) is 19.5 Å². The van der Waals surface area contributed by atoms with Gasteiger partial charge in [-0.3, -0.25) is 14.4 Å². The first kappa shape index (κ1) is 31.2. The minimum atomic E-state index is -3.45. The quantitative estimate of drug-likeness (QED) is 0.316. The van der Waals surface area contributed by atoms with Gasteiger partial charge in [-0.2, -0.15) is 0 Å². The van der Waals surface area contributed by atoms with E-state index in [0.29, 0.717) is 35.8 Å². The van der Waals surface area contributed by atoms with Crippen molar-refractivity contribution in [2.24, 2.45) is 5.92 Å². The van der Waals surface area contributed by atoms with Gasteiger partial charge in [-0.25, -0.2) is 0 Å². The lowest BCUT2D eigenvalue weighted by molar-refractivity contribution is -0.150. The largest absolute Gasteiger partial charge is 0.394 e. The van der Waals surface area contributed by atoms with Gasteiger partial charge in [0.15, 0.2) is 5.60 Å². The molecule has 4 aliphatic rings. The van der Waals surface area contributed by atoms with Gasteiger partial charge in [-0.05, 0) is 74.7 Å². The predicted octanol–water partition coefficient (Wildman–Crippen LogP) is 5.55. The van der Waals surface area contributed by atoms with Gasteiger partial charge in [0.05, 0.1) is 37.4 Å². The van der Waals surface area contributed by atoms with Crippen LogP contribution in [0.15, 0.2) is 42.5 Å². The highest BCUT2D eigenvalue weighted by Gasteiger charge is 2.67. The number of hydrogen-bond acceptors (Lipinski definition) is 5. The molecule has 0 aliphatic carbocycles. The number of anilines is 2. The lowest BCUT2D eigenvalue weighted by atomic mass is 9.82. The van der Waals surface area contributed by atoms with E-state index in [-0.39, 0.29) is 43.3 Å². The van der Waals surface area contributed by atoms with Crippen molar-refractivity contribution in [3.8, 4) is 0 Å². The number of benzene rings is 2. The Morgan fingerprint density at radius 3 is 2.55 bits per heavy atom. The minimum absolute atomic E-state index is 0.0481. The van der Waals surface area contributed by atoms with Crippen LogP contribution in [-0.2, 0) is 31.3 Å². The summed E-state index contributed by atoms with van der Waals surface area (Å²) < 4.78 is 22.9. The van der Waals surface area contributed by atoms with Gasteiger partial charge in [0.1, 0.15) is 0 Å². The average molecular weight is 642 g/mol. The molecule has 3 saturated heterocycles. The second-order valence-electron chi connectivity index (χ2n) is 13.3. The van der Waals surface area contributed by atoms with Crippen LogP contribution in [-0.4, -0.2) is 68.0 Å². The summed E-state index contributed by atoms with van der Waals surface area (Å²) >= 11 is 6.49. The summed E-state index contributed by atoms with van der Waals surface area (Å²) in [5.74, 6) is -0.885. The number of aliphatic hydroxyl groups excluding tert-OH is 1. The number of halogens is 2. The second-order valence-corrected chi connectivity index (χ2v) is 17.5. The number of piperidine rings is 1. The molecule has 1 spiro atoms. The Morgan fingerprint density at radius 1 is 1.11 bits per heavy atom.